The lowest BCUT2D eigenvalue weighted by molar-refractivity contribution is 0.252. The second-order valence-corrected chi connectivity index (χ2v) is 13.9. The smallest absolute Gasteiger partial charge is 0.337 e. The molecule has 0 aliphatic carbocycles. The summed E-state index contributed by atoms with van der Waals surface area (Å²) in [4.78, 5) is 43.1. The van der Waals surface area contributed by atoms with Gasteiger partial charge in [-0.15, -0.1) is 11.3 Å². The van der Waals surface area contributed by atoms with Gasteiger partial charge in [-0.05, 0) is 80.7 Å². The van der Waals surface area contributed by atoms with Crippen molar-refractivity contribution < 1.29 is 22.0 Å². The molecule has 2 aromatic heterocycles. The molecule has 46 heavy (non-hydrogen) atoms. The summed E-state index contributed by atoms with van der Waals surface area (Å²) in [5.41, 5.74) is 0.0496. The molecule has 0 fully saturated rings. The van der Waals surface area contributed by atoms with Gasteiger partial charge in [0.25, 0.3) is 5.56 Å². The van der Waals surface area contributed by atoms with Crippen LogP contribution in [0, 0.1) is 11.6 Å². The molecule has 0 saturated heterocycles. The minimum atomic E-state index is -3.56. The number of thiophene rings is 1. The van der Waals surface area contributed by atoms with Gasteiger partial charge in [-0.3, -0.25) is 9.36 Å². The van der Waals surface area contributed by atoms with Crippen molar-refractivity contribution in [3.05, 3.63) is 110 Å². The van der Waals surface area contributed by atoms with E-state index in [1.54, 1.807) is 31.2 Å². The predicted octanol–water partition coefficient (Wildman–Crippen LogP) is 4.81. The first-order valence-electron chi connectivity index (χ1n) is 14.1. The topological polar surface area (TPSA) is 123 Å². The number of carbonyl (C=O) groups excluding carboxylic acids is 1. The van der Waals surface area contributed by atoms with Crippen molar-refractivity contribution in [2.75, 3.05) is 32.2 Å². The molecule has 3 aromatic carbocycles. The summed E-state index contributed by atoms with van der Waals surface area (Å²) < 4.78 is 56.0. The minimum Gasteiger partial charge on any atom is -0.338 e. The third kappa shape index (κ3) is 6.50. The number of halogens is 2. The van der Waals surface area contributed by atoms with Crippen LogP contribution in [0.25, 0.3) is 26.3 Å². The fourth-order valence-corrected chi connectivity index (χ4v) is 6.99. The van der Waals surface area contributed by atoms with Crippen LogP contribution >= 0.6 is 11.3 Å². The van der Waals surface area contributed by atoms with E-state index in [9.17, 15) is 31.6 Å². The Labute approximate surface area is 267 Å². The van der Waals surface area contributed by atoms with E-state index in [1.807, 2.05) is 19.0 Å². The molecule has 10 nitrogen and oxygen atoms in total. The van der Waals surface area contributed by atoms with Crippen molar-refractivity contribution in [3.8, 4) is 16.1 Å². The number of hydrogen-bond donors (Lipinski definition) is 2. The molecule has 0 atom stereocenters. The first-order chi connectivity index (χ1) is 21.8. The summed E-state index contributed by atoms with van der Waals surface area (Å²) in [5, 5.41) is 5.57. The number of benzene rings is 3. The third-order valence-corrected chi connectivity index (χ3v) is 9.62. The normalized spacial score (nSPS) is 11.7. The number of nitrogens with zero attached hydrogens (tertiary/aromatic N) is 3. The molecule has 5 rings (SSSR count). The zero-order chi connectivity index (χ0) is 33.3. The summed E-state index contributed by atoms with van der Waals surface area (Å²) in [6.07, 6.45) is 1.04. The predicted molar refractivity (Wildman–Crippen MR) is 176 cm³/mol. The van der Waals surface area contributed by atoms with E-state index in [1.165, 1.54) is 34.9 Å². The number of amides is 2. The minimum absolute atomic E-state index is 0.00430. The largest absolute Gasteiger partial charge is 0.338 e. The van der Waals surface area contributed by atoms with Crippen LogP contribution in [0.3, 0.4) is 0 Å². The molecular weight excluding hydrogens is 637 g/mol. The fraction of sp³-hybridized carbons (Fsp3) is 0.219. The maximum Gasteiger partial charge on any atom is 0.337 e. The van der Waals surface area contributed by atoms with Gasteiger partial charge in [0.05, 0.1) is 22.5 Å². The van der Waals surface area contributed by atoms with Gasteiger partial charge < -0.3 is 15.5 Å². The van der Waals surface area contributed by atoms with Crippen molar-refractivity contribution in [1.29, 1.82) is 0 Å². The Morgan fingerprint density at radius 1 is 0.935 bits per heavy atom. The van der Waals surface area contributed by atoms with E-state index in [0.717, 1.165) is 34.3 Å². The zero-order valence-electron chi connectivity index (χ0n) is 25.4. The molecule has 0 aliphatic rings. The van der Waals surface area contributed by atoms with Gasteiger partial charge in [0.2, 0.25) is 0 Å². The van der Waals surface area contributed by atoms with Crippen LogP contribution in [0.2, 0.25) is 0 Å². The molecule has 2 heterocycles. The maximum atomic E-state index is 14.9. The maximum absolute atomic E-state index is 14.9. The fourth-order valence-electron chi connectivity index (χ4n) is 5.06. The first kappa shape index (κ1) is 32.7. The van der Waals surface area contributed by atoms with Crippen LogP contribution in [0.5, 0.6) is 0 Å². The number of nitrogens with one attached hydrogen (secondary N) is 2. The Kier molecular flexibility index (Phi) is 9.24. The third-order valence-electron chi connectivity index (χ3n) is 7.19. The number of carbonyl (C=O) groups is 1. The summed E-state index contributed by atoms with van der Waals surface area (Å²) in [6, 6.07) is 15.3. The zero-order valence-corrected chi connectivity index (χ0v) is 27.1. The number of sulfone groups is 1. The molecule has 0 bridgehead atoms. The van der Waals surface area contributed by atoms with Gasteiger partial charge in [-0.2, -0.15) is 0 Å². The highest BCUT2D eigenvalue weighted by atomic mass is 32.2. The lowest BCUT2D eigenvalue weighted by Crippen LogP contribution is -2.39. The number of fused-ring (bicyclic) bond motifs is 1. The van der Waals surface area contributed by atoms with Crippen LogP contribution in [0.1, 0.15) is 18.1 Å². The molecular formula is C32H31F2N5O5S2. The Hall–Kier alpha value is -4.66. The number of aromatic nitrogens is 2. The van der Waals surface area contributed by atoms with Crippen LogP contribution in [-0.2, 0) is 22.9 Å². The van der Waals surface area contributed by atoms with Crippen molar-refractivity contribution >= 4 is 43.1 Å². The van der Waals surface area contributed by atoms with Gasteiger partial charge in [0.1, 0.15) is 16.5 Å². The molecule has 240 valence electrons. The summed E-state index contributed by atoms with van der Waals surface area (Å²) in [5.74, 6) is -1.70. The van der Waals surface area contributed by atoms with Crippen LogP contribution in [0.4, 0.5) is 19.3 Å². The van der Waals surface area contributed by atoms with Crippen molar-refractivity contribution in [2.45, 2.75) is 24.9 Å². The Morgan fingerprint density at radius 2 is 1.57 bits per heavy atom. The molecule has 0 radical (unpaired) electrons. The van der Waals surface area contributed by atoms with E-state index < -0.39 is 39.3 Å². The quantitative estimate of drug-likeness (QED) is 0.233. The van der Waals surface area contributed by atoms with E-state index in [-0.39, 0.29) is 38.9 Å². The second kappa shape index (κ2) is 13.0. The van der Waals surface area contributed by atoms with Gasteiger partial charge in [-0.1, -0.05) is 18.2 Å². The number of anilines is 1. The van der Waals surface area contributed by atoms with Crippen LogP contribution in [-0.4, -0.2) is 55.4 Å². The standard InChI is InChI=1S/C32H31F2N5O5S2/c1-5-35-31(41)36-20-11-9-19(10-12-20)28-24(17-37(2)3)27-29(40)39(21-13-15-22(16-14-21)46(4,43)44)32(42)38(30(27)45-28)18-23-25(33)7-6-8-26(23)34/h6-16H,5,17-18H2,1-4H3,(H2,35,36,41). The molecule has 14 heteroatoms. The number of urea groups is 1. The number of rotatable bonds is 9. The summed E-state index contributed by atoms with van der Waals surface area (Å²) in [6.45, 7) is 2.03. The average Bonchev–Trinajstić information content (AvgIpc) is 3.35. The highest BCUT2D eigenvalue weighted by Gasteiger charge is 2.25. The van der Waals surface area contributed by atoms with Gasteiger partial charge in [0.15, 0.2) is 9.84 Å². The lowest BCUT2D eigenvalue weighted by atomic mass is 10.1. The molecule has 0 spiro atoms. The molecule has 5 aromatic rings. The van der Waals surface area contributed by atoms with Crippen LogP contribution < -0.4 is 21.9 Å². The Balaban J connectivity index is 1.80. The van der Waals surface area contributed by atoms with Crippen molar-refractivity contribution in [2.24, 2.45) is 0 Å². The van der Waals surface area contributed by atoms with Crippen molar-refractivity contribution in [3.63, 3.8) is 0 Å². The van der Waals surface area contributed by atoms with Gasteiger partial charge in [-0.25, -0.2) is 31.4 Å². The number of hydrogen-bond acceptors (Lipinski definition) is 7. The molecule has 0 unspecified atom stereocenters. The van der Waals surface area contributed by atoms with E-state index in [0.29, 0.717) is 28.2 Å². The van der Waals surface area contributed by atoms with E-state index in [2.05, 4.69) is 10.6 Å². The monoisotopic (exact) mass is 667 g/mol. The first-order valence-corrected chi connectivity index (χ1v) is 16.9. The Morgan fingerprint density at radius 3 is 2.13 bits per heavy atom. The Bertz CT molecular complexity index is 2150. The van der Waals surface area contributed by atoms with Crippen LogP contribution in [0.15, 0.2) is 81.2 Å². The second-order valence-electron chi connectivity index (χ2n) is 10.9. The average molecular weight is 668 g/mol. The lowest BCUT2D eigenvalue weighted by Gasteiger charge is -2.15. The van der Waals surface area contributed by atoms with Crippen molar-refractivity contribution in [1.82, 2.24) is 19.4 Å². The summed E-state index contributed by atoms with van der Waals surface area (Å²) >= 11 is 1.14. The SMILES string of the molecule is CCNC(=O)Nc1ccc(-c2sc3c(c2CN(C)C)c(=O)n(-c2ccc(S(C)(=O)=O)cc2)c(=O)n3Cc2c(F)cccc2F)cc1. The highest BCUT2D eigenvalue weighted by molar-refractivity contribution is 7.90. The molecule has 0 saturated carbocycles. The molecule has 2 N–H and O–H groups in total. The van der Waals surface area contributed by atoms with Gasteiger partial charge in [0, 0.05) is 35.5 Å². The van der Waals surface area contributed by atoms with Gasteiger partial charge >= 0.3 is 11.7 Å². The molecule has 2 amide bonds. The van der Waals surface area contributed by atoms with E-state index in [4.69, 9.17) is 0 Å². The van der Waals surface area contributed by atoms with E-state index >= 15 is 0 Å². The highest BCUT2D eigenvalue weighted by Crippen LogP contribution is 2.38. The molecule has 0 aliphatic heterocycles. The summed E-state index contributed by atoms with van der Waals surface area (Å²) in [7, 11) is 0.0785.